The molecule has 38 heteroatoms. The standard InChI is InChI=1S/C85H88F2N14O22/c1-7-49-51-27-66(59(86)31-62(51)96-73-53(49)34-100-64(73)29-57-55(78(100)110)40-118-80(112)84(57,116)9-3)122-42-90-82(114)120-38-45-14-18-47(19-15-45)93-76(108)44(6)92-75(107)43(5)91-70(104)37-98(25-26-99-71(105)22-23-72(99)106)36-69(103)89-33-68(102)95-61(13-11-12-24-88)77(109)94-48-20-16-46(17-21-48)39-121-83(115)123-67-28-52-50(8-2)54-35-101-65(74(54)97-63(52)32-60(67)87)30-58-56(79(101)111)41-119-81(113)85(58,117)10-4/h14-23,27-32,43-44,61,116-117H,7-13,24-26,33-42,88H2,1-6H3,(H,89,103)(H,90,114)(H,91,104)(H,92,107)(H,93,108)(H,94,109)(H,95,102)/t43-,44-,61-,84-,85-/m0/s1. The van der Waals surface area contributed by atoms with Crippen molar-refractivity contribution in [3.8, 4) is 34.3 Å². The molecule has 5 atom stereocenters. The minimum Gasteiger partial charge on any atom is -0.470 e. The highest BCUT2D eigenvalue weighted by Crippen LogP contribution is 2.44. The molecule has 4 aromatic heterocycles. The molecule has 5 aliphatic heterocycles. The molecule has 4 aromatic carbocycles. The Morgan fingerprint density at radius 1 is 0.593 bits per heavy atom. The van der Waals surface area contributed by atoms with E-state index in [4.69, 9.17) is 44.1 Å². The molecular formula is C85H88F2N14O22. The van der Waals surface area contributed by atoms with Crippen LogP contribution in [0, 0.1) is 11.6 Å². The van der Waals surface area contributed by atoms with Crippen LogP contribution in [0.15, 0.2) is 107 Å². The van der Waals surface area contributed by atoms with Gasteiger partial charge in [-0.1, -0.05) is 52.0 Å². The molecule has 0 unspecified atom stereocenters. The zero-order valence-electron chi connectivity index (χ0n) is 67.7. The van der Waals surface area contributed by atoms with Gasteiger partial charge in [-0.15, -0.1) is 0 Å². The highest BCUT2D eigenvalue weighted by molar-refractivity contribution is 6.13. The molecule has 13 rings (SSSR count). The summed E-state index contributed by atoms with van der Waals surface area (Å²) in [6.45, 7) is 6.16. The van der Waals surface area contributed by atoms with E-state index in [1.54, 1.807) is 38.1 Å². The minimum absolute atomic E-state index is 0.0357. The van der Waals surface area contributed by atoms with Crippen molar-refractivity contribution in [3.63, 3.8) is 0 Å². The van der Waals surface area contributed by atoms with E-state index in [1.165, 1.54) is 82.5 Å². The predicted molar refractivity (Wildman–Crippen MR) is 433 cm³/mol. The van der Waals surface area contributed by atoms with Crippen LogP contribution in [0.4, 0.5) is 29.7 Å². The average molecular weight is 1700 g/mol. The number of fused-ring (bicyclic) bond motifs is 10. The molecule has 0 saturated heterocycles. The maximum Gasteiger partial charge on any atom is 0.514 e. The van der Waals surface area contributed by atoms with Gasteiger partial charge in [0.25, 0.3) is 22.9 Å². The highest BCUT2D eigenvalue weighted by Gasteiger charge is 2.48. The Hall–Kier alpha value is -13.7. The van der Waals surface area contributed by atoms with E-state index < -0.39 is 156 Å². The van der Waals surface area contributed by atoms with Gasteiger partial charge in [-0.3, -0.25) is 63.1 Å². The van der Waals surface area contributed by atoms with Crippen molar-refractivity contribution < 1.29 is 105 Å². The van der Waals surface area contributed by atoms with E-state index in [2.05, 4.69) is 37.2 Å². The number of nitrogens with zero attached hydrogens (tertiary/aromatic N) is 6. The Morgan fingerprint density at radius 2 is 1.10 bits per heavy atom. The van der Waals surface area contributed by atoms with E-state index in [0.29, 0.717) is 92.7 Å². The molecule has 9 heterocycles. The van der Waals surface area contributed by atoms with Crippen LogP contribution in [-0.4, -0.2) is 175 Å². The number of hydrogen-bond acceptors (Lipinski definition) is 26. The number of aliphatic hydroxyl groups is 2. The van der Waals surface area contributed by atoms with Crippen LogP contribution in [0.25, 0.3) is 44.6 Å². The monoisotopic (exact) mass is 1690 g/mol. The highest BCUT2D eigenvalue weighted by atomic mass is 19.1. The van der Waals surface area contributed by atoms with Crippen molar-refractivity contribution in [2.75, 3.05) is 56.6 Å². The molecule has 0 bridgehead atoms. The molecule has 0 radical (unpaired) electrons. The fraction of sp³-hybridized carbons (Fsp3) is 0.365. The molecule has 5 aliphatic rings. The van der Waals surface area contributed by atoms with Crippen LogP contribution < -0.4 is 63.5 Å². The lowest BCUT2D eigenvalue weighted by atomic mass is 9.86. The number of benzene rings is 4. The Morgan fingerprint density at radius 3 is 1.63 bits per heavy atom. The van der Waals surface area contributed by atoms with Crippen LogP contribution in [0.5, 0.6) is 11.5 Å². The number of carbonyl (C=O) groups excluding carboxylic acids is 12. The van der Waals surface area contributed by atoms with Gasteiger partial charge in [0.15, 0.2) is 41.1 Å². The van der Waals surface area contributed by atoms with E-state index >= 15 is 8.78 Å². The maximum absolute atomic E-state index is 15.8. The van der Waals surface area contributed by atoms with Crippen molar-refractivity contribution in [2.24, 2.45) is 5.73 Å². The molecule has 0 fully saturated rings. The van der Waals surface area contributed by atoms with Gasteiger partial charge in [-0.25, -0.2) is 37.9 Å². The molecular weight excluding hydrogens is 1610 g/mol. The summed E-state index contributed by atoms with van der Waals surface area (Å²) < 4.78 is 66.4. The van der Waals surface area contributed by atoms with Crippen LogP contribution in [-0.2, 0) is 130 Å². The fourth-order valence-electron chi connectivity index (χ4n) is 15.3. The number of nitrogens with two attached hydrogens (primary N) is 1. The van der Waals surface area contributed by atoms with E-state index in [-0.39, 0.29) is 123 Å². The number of esters is 2. The average Bonchev–Trinajstić information content (AvgIpc) is 1.61. The van der Waals surface area contributed by atoms with Crippen LogP contribution in [0.2, 0.25) is 0 Å². The van der Waals surface area contributed by atoms with Crippen molar-refractivity contribution in [1.82, 2.24) is 55.5 Å². The number of hydrogen-bond donors (Lipinski definition) is 10. The van der Waals surface area contributed by atoms with E-state index in [0.717, 1.165) is 28.7 Å². The zero-order chi connectivity index (χ0) is 88.0. The minimum atomic E-state index is -2.05. The summed E-state index contributed by atoms with van der Waals surface area (Å²) in [6, 6.07) is 16.8. The smallest absolute Gasteiger partial charge is 0.470 e. The molecule has 36 nitrogen and oxygen atoms in total. The first kappa shape index (κ1) is 87.1. The molecule has 0 aliphatic carbocycles. The first-order chi connectivity index (χ1) is 58.8. The second-order valence-electron chi connectivity index (χ2n) is 30.0. The van der Waals surface area contributed by atoms with E-state index in [9.17, 15) is 77.3 Å². The zero-order valence-corrected chi connectivity index (χ0v) is 67.7. The molecule has 8 aromatic rings. The number of imide groups is 1. The summed E-state index contributed by atoms with van der Waals surface area (Å²) in [7, 11) is 0. The summed E-state index contributed by atoms with van der Waals surface area (Å²) in [4.78, 5) is 196. The van der Waals surface area contributed by atoms with Gasteiger partial charge in [0.2, 0.25) is 35.4 Å². The second-order valence-corrected chi connectivity index (χ2v) is 30.0. The normalized spacial score (nSPS) is 16.5. The number of aryl methyl sites for hydroxylation is 2. The second kappa shape index (κ2) is 36.7. The number of rotatable bonds is 33. The molecule has 9 amide bonds. The van der Waals surface area contributed by atoms with Crippen molar-refractivity contribution in [3.05, 3.63) is 185 Å². The first-order valence-electron chi connectivity index (χ1n) is 39.8. The van der Waals surface area contributed by atoms with Crippen LogP contribution in [0.3, 0.4) is 0 Å². The van der Waals surface area contributed by atoms with Gasteiger partial charge >= 0.3 is 24.2 Å². The third-order valence-electron chi connectivity index (χ3n) is 22.1. The summed E-state index contributed by atoms with van der Waals surface area (Å²) in [6.07, 6.45) is 1.72. The summed E-state index contributed by atoms with van der Waals surface area (Å²) in [5.74, 6) is -9.89. The lowest BCUT2D eigenvalue weighted by molar-refractivity contribution is -0.172. The largest absolute Gasteiger partial charge is 0.514 e. The van der Waals surface area contributed by atoms with Gasteiger partial charge in [0, 0.05) is 81.8 Å². The van der Waals surface area contributed by atoms with Gasteiger partial charge in [0.1, 0.15) is 44.6 Å². The number of carbonyl (C=O) groups is 12. The molecule has 123 heavy (non-hydrogen) atoms. The SMILES string of the molecule is CCc1c2c(nc3cc(F)c(OCNC(=O)OCc4ccc(NC(=O)[C@H](C)NC(=O)[C@H](C)NC(=O)CN(CCN5C(=O)C=CC5=O)CC(=O)NCC(=O)N[C@@H](CCCCN)C(=O)Nc5ccc(COC(=O)Oc6cc7c(CC)c8c(nc7cc6F)-c6cc7c(c(=O)n6C8)COC(=O)[C@]7(O)CC)cc5)cc4)cc13)-c1cc3c(c(=O)n1C2)COC(=O)[C@]3(O)CC. The summed E-state index contributed by atoms with van der Waals surface area (Å²) in [5.41, 5.74) is 7.53. The number of nitrogens with one attached hydrogen (secondary N) is 7. The topological polar surface area (TPSA) is 487 Å². The van der Waals surface area contributed by atoms with Crippen LogP contribution in [0.1, 0.15) is 129 Å². The molecule has 0 saturated carbocycles. The first-order valence-corrected chi connectivity index (χ1v) is 39.8. The number of cyclic esters (lactones) is 2. The van der Waals surface area contributed by atoms with Gasteiger partial charge in [0.05, 0.1) is 77.7 Å². The van der Waals surface area contributed by atoms with Gasteiger partial charge < -0.3 is 85.4 Å². The third kappa shape index (κ3) is 18.3. The third-order valence-corrected chi connectivity index (χ3v) is 22.1. The van der Waals surface area contributed by atoms with Crippen molar-refractivity contribution in [2.45, 2.75) is 155 Å². The van der Waals surface area contributed by atoms with Gasteiger partial charge in [-0.2, -0.15) is 0 Å². The molecule has 644 valence electrons. The quantitative estimate of drug-likeness (QED) is 0.00680. The maximum atomic E-state index is 15.8. The number of pyridine rings is 4. The number of alkyl carbamates (subject to hydrolysis) is 1. The number of amides is 9. The lowest BCUT2D eigenvalue weighted by Gasteiger charge is -2.31. The fourth-order valence-corrected chi connectivity index (χ4v) is 15.3. The molecule has 0 spiro atoms. The Balaban J connectivity index is 0.539. The molecule has 11 N–H and O–H groups in total. The van der Waals surface area contributed by atoms with Crippen molar-refractivity contribution >= 4 is 105 Å². The Kier molecular flexibility index (Phi) is 26.0. The van der Waals surface area contributed by atoms with Gasteiger partial charge in [-0.05, 0) is 136 Å². The van der Waals surface area contributed by atoms with E-state index in [1.807, 2.05) is 13.8 Å². The number of anilines is 2. The Bertz CT molecular complexity index is 5820. The Labute approximate surface area is 699 Å². The number of halogens is 2. The number of ether oxygens (including phenoxy) is 6. The summed E-state index contributed by atoms with van der Waals surface area (Å²) in [5, 5.41) is 41.4. The predicted octanol–water partition coefficient (Wildman–Crippen LogP) is 4.40. The number of aromatic nitrogens is 4. The lowest BCUT2D eigenvalue weighted by Crippen LogP contribution is -2.53. The van der Waals surface area contributed by atoms with Crippen molar-refractivity contribution in [1.29, 1.82) is 0 Å². The van der Waals surface area contributed by atoms with Crippen LogP contribution >= 0.6 is 0 Å². The summed E-state index contributed by atoms with van der Waals surface area (Å²) >= 11 is 0. The number of unbranched alkanes of at least 4 members (excludes halogenated alkanes) is 1.